The number of rotatable bonds is 11. The van der Waals surface area contributed by atoms with E-state index in [9.17, 15) is 24.3 Å². The Labute approximate surface area is 393 Å². The van der Waals surface area contributed by atoms with Crippen molar-refractivity contribution in [3.8, 4) is 23.0 Å². The minimum atomic E-state index is -0.991. The summed E-state index contributed by atoms with van der Waals surface area (Å²) in [5.74, 6) is 0.0943. The van der Waals surface area contributed by atoms with Crippen LogP contribution in [0, 0.1) is 29.0 Å². The lowest BCUT2D eigenvalue weighted by Gasteiger charge is -2.38. The van der Waals surface area contributed by atoms with Crippen molar-refractivity contribution in [2.24, 2.45) is 23.2 Å². The summed E-state index contributed by atoms with van der Waals surface area (Å²) in [4.78, 5) is 73.5. The molecule has 2 aromatic heterocycles. The number of pyridine rings is 1. The molecular formula is C52H56FN9O6. The average molecular weight is 922 g/mol. The van der Waals surface area contributed by atoms with E-state index in [4.69, 9.17) is 19.7 Å². The van der Waals surface area contributed by atoms with Crippen molar-refractivity contribution in [1.29, 1.82) is 0 Å². The smallest absolute Gasteiger partial charge is 0.319 e. The minimum absolute atomic E-state index is 0.0334. The van der Waals surface area contributed by atoms with E-state index in [0.29, 0.717) is 46.9 Å². The number of carbonyl (C=O) groups is 4. The van der Waals surface area contributed by atoms with Gasteiger partial charge in [0.05, 0.1) is 23.1 Å². The van der Waals surface area contributed by atoms with Gasteiger partial charge in [-0.15, -0.1) is 0 Å². The quantitative estimate of drug-likeness (QED) is 0.131. The fraction of sp³-hybridized carbons (Fsp3) is 0.481. The molecule has 15 nitrogen and oxygen atoms in total. The van der Waals surface area contributed by atoms with Crippen LogP contribution in [-0.2, 0) is 9.59 Å². The highest BCUT2D eigenvalue weighted by Crippen LogP contribution is 2.48. The Hall–Kier alpha value is -6.26. The molecular weight excluding hydrogens is 866 g/mol. The van der Waals surface area contributed by atoms with Crippen molar-refractivity contribution >= 4 is 56.8 Å². The second kappa shape index (κ2) is 16.8. The Balaban J connectivity index is 0.730. The molecule has 3 N–H and O–H groups in total. The molecule has 2 bridgehead atoms. The molecule has 5 aromatic rings. The Morgan fingerprint density at radius 2 is 1.60 bits per heavy atom. The SMILES string of the molecule is CN(CC1CCN(c2ccc3c(c2)C(=O)N(C2CCC(=O)NC2=O)C3=O)CC1)CC1(COc2nc(N3CC4CC5CCC5CC(C3)N4)c3cnc(-c4cc(O)cc5ccccc45)c(F)c3n2)CC1. The molecule has 12 rings (SSSR count). The van der Waals surface area contributed by atoms with Crippen molar-refractivity contribution in [3.05, 3.63) is 77.7 Å². The number of nitrogens with zero attached hydrogens (tertiary/aromatic N) is 7. The van der Waals surface area contributed by atoms with Crippen LogP contribution in [0.5, 0.6) is 11.8 Å². The molecule has 5 aliphatic heterocycles. The van der Waals surface area contributed by atoms with E-state index in [2.05, 4.69) is 32.4 Å². The molecule has 2 saturated carbocycles. The van der Waals surface area contributed by atoms with Gasteiger partial charge < -0.3 is 29.9 Å². The molecule has 6 fully saturated rings. The standard InChI is InChI=1S/C52H56FN9O6/c1-59(24-29-12-16-60(17-13-29)35-8-9-38-40(21-35)50(67)62(49(38)66)42-10-11-43(64)56-48(42)65)27-52(14-15-52)28-68-51-57-46-41(47(58-51)61-25-33-18-30-6-7-31(30)19-34(26-61)55-33)23-54-45(44(46)53)39-22-36(63)20-32-4-2-3-5-37(32)39/h2-5,8-9,20-23,29-31,33-34,42,55,63H,6-7,10-19,24-28H2,1H3,(H,56,64,65). The molecule has 5 atom stereocenters. The number of nitrogens with one attached hydrogen (secondary N) is 2. The number of carbonyl (C=O) groups excluding carboxylic acids is 4. The zero-order valence-electron chi connectivity index (χ0n) is 38.3. The fourth-order valence-electron chi connectivity index (χ4n) is 12.3. The van der Waals surface area contributed by atoms with Gasteiger partial charge in [-0.3, -0.25) is 34.4 Å². The van der Waals surface area contributed by atoms with Crippen LogP contribution >= 0.6 is 0 Å². The first-order valence-corrected chi connectivity index (χ1v) is 24.5. The van der Waals surface area contributed by atoms with Crippen molar-refractivity contribution in [2.45, 2.75) is 82.3 Å². The van der Waals surface area contributed by atoms with E-state index in [1.165, 1.54) is 12.8 Å². The number of aromatic hydroxyl groups is 1. The molecule has 4 amide bonds. The summed E-state index contributed by atoms with van der Waals surface area (Å²) in [5, 5.41) is 19.0. The van der Waals surface area contributed by atoms with Gasteiger partial charge >= 0.3 is 6.01 Å². The third-order valence-electron chi connectivity index (χ3n) is 16.2. The summed E-state index contributed by atoms with van der Waals surface area (Å²) >= 11 is 0. The third kappa shape index (κ3) is 7.78. The lowest BCUT2D eigenvalue weighted by atomic mass is 9.69. The highest BCUT2D eigenvalue weighted by Gasteiger charge is 2.47. The summed E-state index contributed by atoms with van der Waals surface area (Å²) in [6.07, 6.45) is 10.7. The molecule has 7 aliphatic rings. The van der Waals surface area contributed by atoms with E-state index < -0.39 is 35.5 Å². The first-order chi connectivity index (χ1) is 33.0. The number of piperidine rings is 2. The topological polar surface area (TPSA) is 173 Å². The van der Waals surface area contributed by atoms with Gasteiger partial charge in [-0.25, -0.2) is 4.39 Å². The summed E-state index contributed by atoms with van der Waals surface area (Å²) < 4.78 is 23.7. The fourth-order valence-corrected chi connectivity index (χ4v) is 12.3. The van der Waals surface area contributed by atoms with Gasteiger partial charge in [-0.2, -0.15) is 9.97 Å². The predicted octanol–water partition coefficient (Wildman–Crippen LogP) is 6.07. The Morgan fingerprint density at radius 3 is 2.34 bits per heavy atom. The second-order valence-electron chi connectivity index (χ2n) is 20.9. The van der Waals surface area contributed by atoms with Crippen LogP contribution in [0.2, 0.25) is 0 Å². The summed E-state index contributed by atoms with van der Waals surface area (Å²) in [6.45, 7) is 5.30. The molecule has 4 saturated heterocycles. The van der Waals surface area contributed by atoms with Crippen LogP contribution in [-0.4, -0.2) is 125 Å². The van der Waals surface area contributed by atoms with Gasteiger partial charge in [0.2, 0.25) is 11.8 Å². The van der Waals surface area contributed by atoms with Crippen molar-refractivity contribution in [1.82, 2.24) is 35.4 Å². The maximum Gasteiger partial charge on any atom is 0.319 e. The molecule has 2 aliphatic carbocycles. The number of hydrogen-bond donors (Lipinski definition) is 3. The molecule has 16 heteroatoms. The van der Waals surface area contributed by atoms with E-state index in [0.717, 1.165) is 111 Å². The monoisotopic (exact) mass is 921 g/mol. The summed E-state index contributed by atoms with van der Waals surface area (Å²) in [5.41, 5.74) is 2.15. The maximum absolute atomic E-state index is 17.2. The zero-order valence-corrected chi connectivity index (χ0v) is 38.3. The molecule has 7 heterocycles. The Morgan fingerprint density at radius 1 is 0.853 bits per heavy atom. The van der Waals surface area contributed by atoms with Gasteiger partial charge in [0.1, 0.15) is 28.8 Å². The van der Waals surface area contributed by atoms with Crippen molar-refractivity contribution in [2.75, 3.05) is 62.7 Å². The van der Waals surface area contributed by atoms with Gasteiger partial charge in [-0.05, 0) is 124 Å². The largest absolute Gasteiger partial charge is 0.508 e. The Kier molecular flexibility index (Phi) is 10.6. The molecule has 5 unspecified atom stereocenters. The van der Waals surface area contributed by atoms with Crippen LogP contribution < -0.4 is 25.2 Å². The molecule has 0 radical (unpaired) electrons. The first kappa shape index (κ1) is 43.0. The number of phenols is 1. The lowest BCUT2D eigenvalue weighted by Crippen LogP contribution is -2.56. The van der Waals surface area contributed by atoms with Gasteiger partial charge in [0.15, 0.2) is 5.82 Å². The summed E-state index contributed by atoms with van der Waals surface area (Å²) in [6, 6.07) is 16.0. The van der Waals surface area contributed by atoms with Crippen LogP contribution in [0.15, 0.2) is 60.8 Å². The van der Waals surface area contributed by atoms with Crippen molar-refractivity contribution in [3.63, 3.8) is 0 Å². The molecule has 3 aromatic carbocycles. The number of hydrogen-bond acceptors (Lipinski definition) is 13. The predicted molar refractivity (Wildman–Crippen MR) is 253 cm³/mol. The van der Waals surface area contributed by atoms with Gasteiger partial charge in [0, 0.05) is 80.6 Å². The van der Waals surface area contributed by atoms with Crippen LogP contribution in [0.3, 0.4) is 0 Å². The van der Waals surface area contributed by atoms with E-state index in [1.54, 1.807) is 30.5 Å². The number of imide groups is 2. The number of phenolic OH excluding ortho intramolecular Hbond substituents is 1. The molecule has 0 spiro atoms. The van der Waals surface area contributed by atoms with E-state index in [-0.39, 0.29) is 46.8 Å². The highest BCUT2D eigenvalue weighted by atomic mass is 19.1. The van der Waals surface area contributed by atoms with Gasteiger partial charge in [-0.1, -0.05) is 24.3 Å². The number of ether oxygens (including phenoxy) is 1. The normalized spacial score (nSPS) is 25.6. The van der Waals surface area contributed by atoms with E-state index >= 15 is 4.39 Å². The zero-order chi connectivity index (χ0) is 46.4. The second-order valence-corrected chi connectivity index (χ2v) is 20.9. The highest BCUT2D eigenvalue weighted by molar-refractivity contribution is 6.23. The van der Waals surface area contributed by atoms with Crippen molar-refractivity contribution < 1.29 is 33.4 Å². The Bertz CT molecular complexity index is 2880. The number of benzene rings is 3. The van der Waals surface area contributed by atoms with Gasteiger partial charge in [0.25, 0.3) is 11.8 Å². The number of piperazine rings is 1. The molecule has 352 valence electrons. The lowest BCUT2D eigenvalue weighted by molar-refractivity contribution is -0.136. The minimum Gasteiger partial charge on any atom is -0.508 e. The van der Waals surface area contributed by atoms with Crippen LogP contribution in [0.25, 0.3) is 32.9 Å². The average Bonchev–Trinajstić information content (AvgIpc) is 4.06. The number of anilines is 2. The maximum atomic E-state index is 17.2. The van der Waals surface area contributed by atoms with Crippen LogP contribution in [0.1, 0.15) is 84.9 Å². The van der Waals surface area contributed by atoms with Crippen LogP contribution in [0.4, 0.5) is 15.9 Å². The number of halogens is 1. The summed E-state index contributed by atoms with van der Waals surface area (Å²) in [7, 11) is 2.17. The number of amides is 4. The number of aromatic nitrogens is 3. The number of fused-ring (bicyclic) bond motifs is 6. The molecule has 68 heavy (non-hydrogen) atoms. The van der Waals surface area contributed by atoms with E-state index in [1.807, 2.05) is 30.3 Å². The first-order valence-electron chi connectivity index (χ1n) is 24.5. The third-order valence-corrected chi connectivity index (χ3v) is 16.2.